The topological polar surface area (TPSA) is 42.2 Å². The van der Waals surface area contributed by atoms with Crippen LogP contribution in [0.2, 0.25) is 0 Å². The molecular formula is C24H19NO2. The quantitative estimate of drug-likeness (QED) is 0.663. The lowest BCUT2D eigenvalue weighted by Crippen LogP contribution is -2.19. The molecule has 5 rings (SSSR count). The molecule has 1 aliphatic heterocycles. The molecule has 0 spiro atoms. The molecule has 0 radical (unpaired) electrons. The van der Waals surface area contributed by atoms with Crippen molar-refractivity contribution in [3.8, 4) is 11.8 Å². The van der Waals surface area contributed by atoms with E-state index in [4.69, 9.17) is 9.47 Å². The highest BCUT2D eigenvalue weighted by Gasteiger charge is 2.36. The number of allylic oxidation sites excluding steroid dienone is 5. The maximum Gasteiger partial charge on any atom is 0.141 e. The zero-order valence-electron chi connectivity index (χ0n) is 15.2. The molecule has 0 N–H and O–H groups in total. The van der Waals surface area contributed by atoms with E-state index in [9.17, 15) is 5.26 Å². The molecule has 3 aliphatic rings. The van der Waals surface area contributed by atoms with Crippen LogP contribution < -0.4 is 4.74 Å². The summed E-state index contributed by atoms with van der Waals surface area (Å²) in [4.78, 5) is 0. The molecule has 3 nitrogen and oxygen atoms in total. The average molecular weight is 353 g/mol. The molecule has 0 atom stereocenters. The Morgan fingerprint density at radius 3 is 2.63 bits per heavy atom. The van der Waals surface area contributed by atoms with Gasteiger partial charge in [0, 0.05) is 28.7 Å². The number of fused-ring (bicyclic) bond motifs is 5. The van der Waals surface area contributed by atoms with Gasteiger partial charge in [-0.3, -0.25) is 0 Å². The minimum Gasteiger partial charge on any atom is -0.496 e. The number of aryl methyl sites for hydroxylation is 2. The first kappa shape index (κ1) is 16.0. The molecule has 0 aromatic heterocycles. The van der Waals surface area contributed by atoms with Gasteiger partial charge in [-0.05, 0) is 42.0 Å². The van der Waals surface area contributed by atoms with Gasteiger partial charge >= 0.3 is 0 Å². The van der Waals surface area contributed by atoms with E-state index in [1.807, 2.05) is 6.07 Å². The average Bonchev–Trinajstić information content (AvgIpc) is 2.72. The highest BCUT2D eigenvalue weighted by atomic mass is 16.5. The molecule has 0 fully saturated rings. The molecule has 0 saturated carbocycles. The van der Waals surface area contributed by atoms with Crippen molar-refractivity contribution in [2.45, 2.75) is 25.7 Å². The van der Waals surface area contributed by atoms with Gasteiger partial charge in [-0.15, -0.1) is 0 Å². The molecule has 3 heteroatoms. The van der Waals surface area contributed by atoms with Crippen molar-refractivity contribution in [2.75, 3.05) is 7.11 Å². The number of nitrogens with zero attached hydrogens (tertiary/aromatic N) is 1. The summed E-state index contributed by atoms with van der Waals surface area (Å²) >= 11 is 0. The van der Waals surface area contributed by atoms with Crippen LogP contribution in [-0.2, 0) is 17.6 Å². The van der Waals surface area contributed by atoms with Gasteiger partial charge in [0.2, 0.25) is 0 Å². The van der Waals surface area contributed by atoms with Crippen LogP contribution in [0, 0.1) is 11.3 Å². The van der Waals surface area contributed by atoms with E-state index in [-0.39, 0.29) is 0 Å². The SMILES string of the molecule is COc1cccc2c1C1=C(CC2)O/C(=C\C#N)C2=C1c1ccccc1CC2. The maximum atomic E-state index is 9.28. The Morgan fingerprint density at radius 2 is 1.78 bits per heavy atom. The summed E-state index contributed by atoms with van der Waals surface area (Å²) in [6, 6.07) is 17.0. The van der Waals surface area contributed by atoms with Crippen molar-refractivity contribution in [1.29, 1.82) is 5.26 Å². The molecule has 27 heavy (non-hydrogen) atoms. The van der Waals surface area contributed by atoms with E-state index >= 15 is 0 Å². The Balaban J connectivity index is 1.85. The Kier molecular flexibility index (Phi) is 3.65. The number of nitriles is 1. The standard InChI is InChI=1S/C24H19NO2/c1-26-20-8-4-6-16-10-12-21-24(22(16)20)23-17-7-3-2-5-15(17)9-11-18(23)19(27-21)13-14-25/h2-8,13H,9-12H2,1H3/b19-13-. The fraction of sp³-hybridized carbons (Fsp3) is 0.208. The zero-order valence-corrected chi connectivity index (χ0v) is 15.2. The normalized spacial score (nSPS) is 18.7. The summed E-state index contributed by atoms with van der Waals surface area (Å²) in [6.07, 6.45) is 5.13. The van der Waals surface area contributed by atoms with Crippen molar-refractivity contribution < 1.29 is 9.47 Å². The van der Waals surface area contributed by atoms with Crippen LogP contribution in [0.4, 0.5) is 0 Å². The number of benzene rings is 2. The lowest BCUT2D eigenvalue weighted by Gasteiger charge is -2.35. The maximum absolute atomic E-state index is 9.28. The Morgan fingerprint density at radius 1 is 0.963 bits per heavy atom. The van der Waals surface area contributed by atoms with Crippen LogP contribution in [0.1, 0.15) is 35.1 Å². The summed E-state index contributed by atoms with van der Waals surface area (Å²) in [5.41, 5.74) is 8.52. The van der Waals surface area contributed by atoms with E-state index < -0.39 is 0 Å². The van der Waals surface area contributed by atoms with Gasteiger partial charge in [0.15, 0.2) is 0 Å². The third-order valence-electron chi connectivity index (χ3n) is 5.69. The van der Waals surface area contributed by atoms with Crippen molar-refractivity contribution in [3.05, 3.63) is 87.9 Å². The minimum absolute atomic E-state index is 0.708. The molecule has 2 aromatic rings. The Labute approximate surface area is 158 Å². The van der Waals surface area contributed by atoms with Crippen molar-refractivity contribution in [3.63, 3.8) is 0 Å². The molecular weight excluding hydrogens is 334 g/mol. The number of ether oxygens (including phenoxy) is 2. The predicted molar refractivity (Wildman–Crippen MR) is 105 cm³/mol. The third kappa shape index (κ3) is 2.34. The summed E-state index contributed by atoms with van der Waals surface area (Å²) in [5.74, 6) is 2.54. The van der Waals surface area contributed by atoms with Gasteiger partial charge in [0.1, 0.15) is 17.3 Å². The summed E-state index contributed by atoms with van der Waals surface area (Å²) < 4.78 is 12.0. The summed E-state index contributed by atoms with van der Waals surface area (Å²) in [5, 5.41) is 9.28. The second kappa shape index (κ2) is 6.17. The van der Waals surface area contributed by atoms with Gasteiger partial charge in [-0.2, -0.15) is 5.26 Å². The van der Waals surface area contributed by atoms with E-state index in [0.717, 1.165) is 53.9 Å². The molecule has 2 aliphatic carbocycles. The van der Waals surface area contributed by atoms with Crippen molar-refractivity contribution in [2.24, 2.45) is 0 Å². The van der Waals surface area contributed by atoms with Gasteiger partial charge in [-0.25, -0.2) is 0 Å². The van der Waals surface area contributed by atoms with Crippen LogP contribution in [0.5, 0.6) is 5.75 Å². The fourth-order valence-corrected chi connectivity index (χ4v) is 4.55. The van der Waals surface area contributed by atoms with Crippen LogP contribution in [0.15, 0.2) is 65.6 Å². The lowest BCUT2D eigenvalue weighted by molar-refractivity contribution is 0.294. The van der Waals surface area contributed by atoms with Gasteiger partial charge in [0.05, 0.1) is 19.3 Å². The Hall–Kier alpha value is -3.25. The number of hydrogen-bond acceptors (Lipinski definition) is 3. The molecule has 0 saturated heterocycles. The predicted octanol–water partition coefficient (Wildman–Crippen LogP) is 5.19. The van der Waals surface area contributed by atoms with Crippen LogP contribution in [0.25, 0.3) is 11.1 Å². The van der Waals surface area contributed by atoms with E-state index in [0.29, 0.717) is 5.76 Å². The summed E-state index contributed by atoms with van der Waals surface area (Å²) in [6.45, 7) is 0. The first-order valence-electron chi connectivity index (χ1n) is 9.31. The van der Waals surface area contributed by atoms with Crippen LogP contribution in [-0.4, -0.2) is 7.11 Å². The highest BCUT2D eigenvalue weighted by molar-refractivity contribution is 6.11. The van der Waals surface area contributed by atoms with E-state index in [2.05, 4.69) is 42.5 Å². The number of rotatable bonds is 1. The largest absolute Gasteiger partial charge is 0.496 e. The zero-order chi connectivity index (χ0) is 18.4. The molecule has 0 amide bonds. The lowest BCUT2D eigenvalue weighted by atomic mass is 9.74. The number of hydrogen-bond donors (Lipinski definition) is 0. The highest BCUT2D eigenvalue weighted by Crippen LogP contribution is 2.53. The van der Waals surface area contributed by atoms with Crippen molar-refractivity contribution >= 4 is 11.1 Å². The molecule has 0 bridgehead atoms. The van der Waals surface area contributed by atoms with E-state index in [1.54, 1.807) is 13.2 Å². The first-order valence-corrected chi connectivity index (χ1v) is 9.31. The van der Waals surface area contributed by atoms with Gasteiger partial charge < -0.3 is 9.47 Å². The monoisotopic (exact) mass is 353 g/mol. The smallest absolute Gasteiger partial charge is 0.141 e. The van der Waals surface area contributed by atoms with Gasteiger partial charge in [0.25, 0.3) is 0 Å². The molecule has 132 valence electrons. The van der Waals surface area contributed by atoms with Crippen LogP contribution >= 0.6 is 0 Å². The second-order valence-electron chi connectivity index (χ2n) is 7.04. The van der Waals surface area contributed by atoms with Crippen LogP contribution in [0.3, 0.4) is 0 Å². The molecule has 1 heterocycles. The second-order valence-corrected chi connectivity index (χ2v) is 7.04. The summed E-state index contributed by atoms with van der Waals surface area (Å²) in [7, 11) is 1.72. The Bertz CT molecular complexity index is 1100. The van der Waals surface area contributed by atoms with Crippen molar-refractivity contribution in [1.82, 2.24) is 0 Å². The van der Waals surface area contributed by atoms with Gasteiger partial charge in [-0.1, -0.05) is 36.4 Å². The third-order valence-corrected chi connectivity index (χ3v) is 5.69. The fourth-order valence-electron chi connectivity index (χ4n) is 4.55. The molecule has 0 unspecified atom stereocenters. The van der Waals surface area contributed by atoms with E-state index in [1.165, 1.54) is 22.3 Å². The number of methoxy groups -OCH3 is 1. The minimum atomic E-state index is 0.708. The molecule has 2 aromatic carbocycles. The first-order chi connectivity index (χ1) is 13.3.